The Balaban J connectivity index is 2.28. The molecule has 4 heteroatoms. The number of nitrogens with zero attached hydrogens (tertiary/aromatic N) is 3. The summed E-state index contributed by atoms with van der Waals surface area (Å²) in [7, 11) is 0. The zero-order chi connectivity index (χ0) is 18.9. The smallest absolute Gasteiger partial charge is 0.266 e. The van der Waals surface area contributed by atoms with E-state index >= 15 is 0 Å². The monoisotopic (exact) mass is 347 g/mol. The van der Waals surface area contributed by atoms with Crippen molar-refractivity contribution in [3.05, 3.63) is 78.0 Å². The number of hydrogen-bond donors (Lipinski definition) is 0. The predicted molar refractivity (Wildman–Crippen MR) is 105 cm³/mol. The predicted octanol–water partition coefficient (Wildman–Crippen LogP) is 4.36. The lowest BCUT2D eigenvalue weighted by atomic mass is 10.1. The fourth-order valence-electron chi connectivity index (χ4n) is 2.68. The third-order valence-corrected chi connectivity index (χ3v) is 4.14. The molecule has 0 unspecified atom stereocenters. The molecule has 0 N–H and O–H groups in total. The number of hydrogen-bond acceptors (Lipinski definition) is 3. The Hall–Kier alpha value is -3.06. The molecule has 4 nitrogen and oxygen atoms in total. The van der Waals surface area contributed by atoms with Crippen molar-refractivity contribution in [3.63, 3.8) is 0 Å². The van der Waals surface area contributed by atoms with Gasteiger partial charge in [0.25, 0.3) is 5.91 Å². The summed E-state index contributed by atoms with van der Waals surface area (Å²) in [4.78, 5) is 16.7. The van der Waals surface area contributed by atoms with Gasteiger partial charge in [-0.2, -0.15) is 5.26 Å². The molecule has 0 aliphatic carbocycles. The lowest BCUT2D eigenvalue weighted by Crippen LogP contribution is -2.37. The van der Waals surface area contributed by atoms with Gasteiger partial charge >= 0.3 is 0 Å². The van der Waals surface area contributed by atoms with Crippen molar-refractivity contribution < 1.29 is 4.79 Å². The molecular formula is C22H25N3O. The molecular weight excluding hydrogens is 322 g/mol. The molecule has 134 valence electrons. The SMILES string of the molecule is CCN(/C=C(/C#N)C(=O)N(Cc1ccccc1)C(C)C)c1ccccc1. The molecule has 26 heavy (non-hydrogen) atoms. The summed E-state index contributed by atoms with van der Waals surface area (Å²) in [6, 6.07) is 21.7. The first-order valence-corrected chi connectivity index (χ1v) is 8.85. The van der Waals surface area contributed by atoms with Crippen LogP contribution in [0.25, 0.3) is 0 Å². The van der Waals surface area contributed by atoms with Gasteiger partial charge in [-0.25, -0.2) is 0 Å². The van der Waals surface area contributed by atoms with Crippen LogP contribution in [0.2, 0.25) is 0 Å². The Morgan fingerprint density at radius 1 is 1.08 bits per heavy atom. The van der Waals surface area contributed by atoms with E-state index in [1.165, 1.54) is 0 Å². The fourth-order valence-corrected chi connectivity index (χ4v) is 2.68. The van der Waals surface area contributed by atoms with Gasteiger partial charge < -0.3 is 9.80 Å². The summed E-state index contributed by atoms with van der Waals surface area (Å²) in [6.45, 7) is 7.07. The van der Waals surface area contributed by atoms with Crippen molar-refractivity contribution >= 4 is 11.6 Å². The minimum atomic E-state index is -0.249. The molecule has 0 atom stereocenters. The highest BCUT2D eigenvalue weighted by Crippen LogP contribution is 2.17. The van der Waals surface area contributed by atoms with Crippen LogP contribution >= 0.6 is 0 Å². The average Bonchev–Trinajstić information content (AvgIpc) is 2.68. The van der Waals surface area contributed by atoms with Crippen molar-refractivity contribution in [2.45, 2.75) is 33.4 Å². The summed E-state index contributed by atoms with van der Waals surface area (Å²) in [5.41, 5.74) is 2.14. The Morgan fingerprint density at radius 2 is 1.65 bits per heavy atom. The number of para-hydroxylation sites is 1. The Morgan fingerprint density at radius 3 is 2.15 bits per heavy atom. The van der Waals surface area contributed by atoms with Crippen molar-refractivity contribution in [1.29, 1.82) is 5.26 Å². The van der Waals surface area contributed by atoms with Crippen molar-refractivity contribution in [2.24, 2.45) is 0 Å². The number of amides is 1. The molecule has 0 heterocycles. The van der Waals surface area contributed by atoms with Gasteiger partial charge in [-0.3, -0.25) is 4.79 Å². The van der Waals surface area contributed by atoms with Crippen molar-refractivity contribution in [1.82, 2.24) is 4.90 Å². The van der Waals surface area contributed by atoms with Gasteiger partial charge in [0.05, 0.1) is 0 Å². The number of benzene rings is 2. The van der Waals surface area contributed by atoms with E-state index in [-0.39, 0.29) is 17.5 Å². The highest BCUT2D eigenvalue weighted by atomic mass is 16.2. The quantitative estimate of drug-likeness (QED) is 0.552. The van der Waals surface area contributed by atoms with E-state index in [2.05, 4.69) is 6.07 Å². The van der Waals surface area contributed by atoms with Crippen LogP contribution in [0.4, 0.5) is 5.69 Å². The van der Waals surface area contributed by atoms with Crippen LogP contribution in [0.15, 0.2) is 72.4 Å². The van der Waals surface area contributed by atoms with E-state index < -0.39 is 0 Å². The second-order valence-electron chi connectivity index (χ2n) is 6.29. The van der Waals surface area contributed by atoms with E-state index in [0.717, 1.165) is 11.3 Å². The van der Waals surface area contributed by atoms with Crippen LogP contribution in [-0.4, -0.2) is 23.4 Å². The summed E-state index contributed by atoms with van der Waals surface area (Å²) in [5, 5.41) is 9.59. The molecule has 0 saturated heterocycles. The number of carbonyl (C=O) groups excluding carboxylic acids is 1. The van der Waals surface area contributed by atoms with E-state index in [9.17, 15) is 10.1 Å². The third-order valence-electron chi connectivity index (χ3n) is 4.14. The van der Waals surface area contributed by atoms with Crippen LogP contribution < -0.4 is 4.90 Å². The average molecular weight is 347 g/mol. The molecule has 1 amide bonds. The van der Waals surface area contributed by atoms with Crippen LogP contribution in [0.5, 0.6) is 0 Å². The van der Waals surface area contributed by atoms with Crippen molar-refractivity contribution in [3.8, 4) is 6.07 Å². The third kappa shape index (κ3) is 4.97. The minimum Gasteiger partial charge on any atom is -0.347 e. The molecule has 0 aliphatic rings. The molecule has 2 aromatic rings. The maximum atomic E-state index is 13.0. The van der Waals surface area contributed by atoms with Gasteiger partial charge in [0, 0.05) is 31.0 Å². The van der Waals surface area contributed by atoms with E-state index in [1.807, 2.05) is 86.3 Å². The standard InChI is InChI=1S/C22H25N3O/c1-4-24(21-13-9-6-10-14-21)17-20(15-23)22(26)25(18(2)3)16-19-11-7-5-8-12-19/h5-14,17-18H,4,16H2,1-3H3/b20-17-. The lowest BCUT2D eigenvalue weighted by molar-refractivity contribution is -0.129. The zero-order valence-corrected chi connectivity index (χ0v) is 15.6. The first-order chi connectivity index (χ1) is 12.6. The zero-order valence-electron chi connectivity index (χ0n) is 15.6. The largest absolute Gasteiger partial charge is 0.347 e. The summed E-state index contributed by atoms with van der Waals surface area (Å²) in [5.74, 6) is -0.249. The van der Waals surface area contributed by atoms with Gasteiger partial charge in [-0.1, -0.05) is 48.5 Å². The van der Waals surface area contributed by atoms with Crippen LogP contribution in [0.3, 0.4) is 0 Å². The van der Waals surface area contributed by atoms with Crippen molar-refractivity contribution in [2.75, 3.05) is 11.4 Å². The maximum absolute atomic E-state index is 13.0. The van der Waals surface area contributed by atoms with Crippen LogP contribution in [0.1, 0.15) is 26.3 Å². The molecule has 0 fully saturated rings. The van der Waals surface area contributed by atoms with Gasteiger partial charge in [0.1, 0.15) is 11.6 Å². The molecule has 0 spiro atoms. The number of nitriles is 1. The Bertz CT molecular complexity index is 776. The second kappa shape index (κ2) is 9.43. The first-order valence-electron chi connectivity index (χ1n) is 8.85. The van der Waals surface area contributed by atoms with Crippen LogP contribution in [0, 0.1) is 11.3 Å². The van der Waals surface area contributed by atoms with Crippen LogP contribution in [-0.2, 0) is 11.3 Å². The normalized spacial score (nSPS) is 11.1. The highest BCUT2D eigenvalue weighted by Gasteiger charge is 2.22. The molecule has 2 rings (SSSR count). The molecule has 0 radical (unpaired) electrons. The number of carbonyl (C=O) groups is 1. The van der Waals surface area contributed by atoms with Gasteiger partial charge in [-0.05, 0) is 38.5 Å². The number of rotatable bonds is 7. The van der Waals surface area contributed by atoms with E-state index in [0.29, 0.717) is 13.1 Å². The van der Waals surface area contributed by atoms with E-state index in [1.54, 1.807) is 11.1 Å². The molecule has 0 bridgehead atoms. The van der Waals surface area contributed by atoms with Gasteiger partial charge in [-0.15, -0.1) is 0 Å². The molecule has 0 aliphatic heterocycles. The summed E-state index contributed by atoms with van der Waals surface area (Å²) >= 11 is 0. The van der Waals surface area contributed by atoms with E-state index in [4.69, 9.17) is 0 Å². The number of anilines is 1. The molecule has 0 saturated carbocycles. The first kappa shape index (κ1) is 19.3. The Labute approximate surface area is 156 Å². The molecule has 0 aromatic heterocycles. The summed E-state index contributed by atoms with van der Waals surface area (Å²) in [6.07, 6.45) is 1.65. The fraction of sp³-hybridized carbons (Fsp3) is 0.273. The topological polar surface area (TPSA) is 47.3 Å². The Kier molecular flexibility index (Phi) is 6.99. The highest BCUT2D eigenvalue weighted by molar-refractivity contribution is 5.97. The summed E-state index contributed by atoms with van der Waals surface area (Å²) < 4.78 is 0. The second-order valence-corrected chi connectivity index (χ2v) is 6.29. The lowest BCUT2D eigenvalue weighted by Gasteiger charge is -2.27. The van der Waals surface area contributed by atoms with Gasteiger partial charge in [0.2, 0.25) is 0 Å². The minimum absolute atomic E-state index is 0.00809. The van der Waals surface area contributed by atoms with Gasteiger partial charge in [0.15, 0.2) is 0 Å². The maximum Gasteiger partial charge on any atom is 0.266 e. The molecule has 2 aromatic carbocycles.